The monoisotopic (exact) mass is 298 g/mol. The van der Waals surface area contributed by atoms with Crippen molar-refractivity contribution in [1.82, 2.24) is 4.98 Å². The molecule has 1 aromatic carbocycles. The van der Waals surface area contributed by atoms with Crippen LogP contribution in [0.4, 0.5) is 5.82 Å². The highest BCUT2D eigenvalue weighted by molar-refractivity contribution is 5.99. The number of hydrogen-bond donors (Lipinski definition) is 0. The van der Waals surface area contributed by atoms with Crippen molar-refractivity contribution in [3.05, 3.63) is 35.9 Å². The van der Waals surface area contributed by atoms with Gasteiger partial charge in [-0.15, -0.1) is 0 Å². The lowest BCUT2D eigenvalue weighted by Gasteiger charge is -2.20. The number of para-hydroxylation sites is 1. The molecule has 2 aromatic rings. The van der Waals surface area contributed by atoms with E-state index in [9.17, 15) is 4.79 Å². The number of esters is 1. The number of hydrogen-bond acceptors (Lipinski definition) is 4. The Morgan fingerprint density at radius 1 is 1.27 bits per heavy atom. The average Bonchev–Trinajstić information content (AvgIpc) is 3.08. The zero-order valence-corrected chi connectivity index (χ0v) is 13.0. The number of ether oxygens (including phenoxy) is 1. The van der Waals surface area contributed by atoms with Crippen molar-refractivity contribution in [2.24, 2.45) is 0 Å². The van der Waals surface area contributed by atoms with E-state index in [0.717, 1.165) is 55.5 Å². The zero-order valence-electron chi connectivity index (χ0n) is 13.0. The number of anilines is 1. The van der Waals surface area contributed by atoms with Crippen LogP contribution >= 0.6 is 0 Å². The van der Waals surface area contributed by atoms with Crippen molar-refractivity contribution < 1.29 is 9.53 Å². The molecule has 0 atom stereocenters. The van der Waals surface area contributed by atoms with E-state index >= 15 is 0 Å². The predicted octanol–water partition coefficient (Wildman–Crippen LogP) is 3.79. The van der Waals surface area contributed by atoms with Crippen LogP contribution in [0.1, 0.15) is 43.0 Å². The van der Waals surface area contributed by atoms with Crippen molar-refractivity contribution in [3.63, 3.8) is 0 Å². The van der Waals surface area contributed by atoms with E-state index in [-0.39, 0.29) is 5.97 Å². The molecule has 116 valence electrons. The normalized spacial score (nSPS) is 14.5. The molecule has 0 saturated carbocycles. The van der Waals surface area contributed by atoms with Gasteiger partial charge in [0.1, 0.15) is 11.4 Å². The first kappa shape index (κ1) is 14.8. The summed E-state index contributed by atoms with van der Waals surface area (Å²) in [5.74, 6) is 0.520. The number of carbonyl (C=O) groups excluding carboxylic acids is 1. The highest BCUT2D eigenvalue weighted by atomic mass is 16.5. The van der Waals surface area contributed by atoms with Gasteiger partial charge in [0.15, 0.2) is 0 Å². The van der Waals surface area contributed by atoms with E-state index in [2.05, 4.69) is 11.8 Å². The second-order valence-corrected chi connectivity index (χ2v) is 5.74. The second-order valence-electron chi connectivity index (χ2n) is 5.74. The maximum absolute atomic E-state index is 12.5. The molecular weight excluding hydrogens is 276 g/mol. The fourth-order valence-corrected chi connectivity index (χ4v) is 2.81. The minimum Gasteiger partial charge on any atom is -0.462 e. The largest absolute Gasteiger partial charge is 0.462 e. The Kier molecular flexibility index (Phi) is 4.56. The van der Waals surface area contributed by atoms with Crippen molar-refractivity contribution in [3.8, 4) is 0 Å². The third-order valence-electron chi connectivity index (χ3n) is 4.06. The number of fused-ring (bicyclic) bond motifs is 1. The first-order valence-electron chi connectivity index (χ1n) is 8.11. The summed E-state index contributed by atoms with van der Waals surface area (Å²) in [5.41, 5.74) is 1.52. The fraction of sp³-hybridized carbons (Fsp3) is 0.444. The van der Waals surface area contributed by atoms with E-state index in [1.807, 2.05) is 30.3 Å². The molecule has 3 rings (SSSR count). The van der Waals surface area contributed by atoms with Gasteiger partial charge in [-0.05, 0) is 31.4 Å². The molecule has 0 radical (unpaired) electrons. The molecule has 4 nitrogen and oxygen atoms in total. The van der Waals surface area contributed by atoms with Gasteiger partial charge in [-0.3, -0.25) is 0 Å². The molecule has 1 aromatic heterocycles. The van der Waals surface area contributed by atoms with Crippen molar-refractivity contribution in [1.29, 1.82) is 0 Å². The number of pyridine rings is 1. The molecule has 1 aliphatic heterocycles. The lowest BCUT2D eigenvalue weighted by atomic mass is 10.1. The molecule has 1 aliphatic rings. The van der Waals surface area contributed by atoms with Crippen LogP contribution in [-0.4, -0.2) is 30.6 Å². The van der Waals surface area contributed by atoms with Crippen molar-refractivity contribution in [2.75, 3.05) is 24.6 Å². The molecule has 1 saturated heterocycles. The number of aromatic nitrogens is 1. The van der Waals surface area contributed by atoms with E-state index in [4.69, 9.17) is 9.72 Å². The van der Waals surface area contributed by atoms with Crippen LogP contribution in [0.15, 0.2) is 30.3 Å². The summed E-state index contributed by atoms with van der Waals surface area (Å²) in [6.07, 6.45) is 4.21. The second kappa shape index (κ2) is 6.77. The average molecular weight is 298 g/mol. The zero-order chi connectivity index (χ0) is 15.4. The molecular formula is C18H22N2O2. The van der Waals surface area contributed by atoms with Gasteiger partial charge in [0, 0.05) is 18.5 Å². The van der Waals surface area contributed by atoms with E-state index in [1.54, 1.807) is 0 Å². The third kappa shape index (κ3) is 3.06. The molecule has 22 heavy (non-hydrogen) atoms. The summed E-state index contributed by atoms with van der Waals surface area (Å²) in [5, 5.41) is 0.980. The molecule has 0 spiro atoms. The smallest absolute Gasteiger partial charge is 0.341 e. The minimum absolute atomic E-state index is 0.256. The lowest BCUT2D eigenvalue weighted by molar-refractivity contribution is 0.0500. The summed E-state index contributed by atoms with van der Waals surface area (Å²) in [6, 6.07) is 9.83. The van der Waals surface area contributed by atoms with Gasteiger partial charge in [0.2, 0.25) is 0 Å². The highest BCUT2D eigenvalue weighted by Crippen LogP contribution is 2.27. The Hall–Kier alpha value is -2.10. The van der Waals surface area contributed by atoms with Crippen LogP contribution in [0, 0.1) is 0 Å². The van der Waals surface area contributed by atoms with Gasteiger partial charge in [0.25, 0.3) is 0 Å². The van der Waals surface area contributed by atoms with E-state index < -0.39 is 0 Å². The molecule has 2 heterocycles. The number of rotatable bonds is 5. The Bertz CT molecular complexity index is 663. The topological polar surface area (TPSA) is 42.4 Å². The Morgan fingerprint density at radius 2 is 2.05 bits per heavy atom. The van der Waals surface area contributed by atoms with Crippen LogP contribution in [0.3, 0.4) is 0 Å². The maximum Gasteiger partial charge on any atom is 0.341 e. The van der Waals surface area contributed by atoms with Crippen LogP contribution in [0.2, 0.25) is 0 Å². The van der Waals surface area contributed by atoms with E-state index in [1.165, 1.54) is 0 Å². The van der Waals surface area contributed by atoms with Gasteiger partial charge in [-0.1, -0.05) is 31.5 Å². The Morgan fingerprint density at radius 3 is 2.82 bits per heavy atom. The molecule has 0 N–H and O–H groups in total. The Balaban J connectivity index is 1.97. The summed E-state index contributed by atoms with van der Waals surface area (Å²) in [6.45, 7) is 4.48. The van der Waals surface area contributed by atoms with Gasteiger partial charge >= 0.3 is 5.97 Å². The van der Waals surface area contributed by atoms with Crippen LogP contribution in [0.25, 0.3) is 10.9 Å². The summed E-state index contributed by atoms with van der Waals surface area (Å²) < 4.78 is 5.41. The third-order valence-corrected chi connectivity index (χ3v) is 4.06. The van der Waals surface area contributed by atoms with Gasteiger partial charge in [-0.2, -0.15) is 0 Å². The summed E-state index contributed by atoms with van der Waals surface area (Å²) in [7, 11) is 0. The van der Waals surface area contributed by atoms with Crippen molar-refractivity contribution in [2.45, 2.75) is 32.6 Å². The SMILES string of the molecule is CCCCOC(=O)c1cc2ccccc2nc1N1CCCC1. The van der Waals surface area contributed by atoms with Gasteiger partial charge in [0.05, 0.1) is 12.1 Å². The van der Waals surface area contributed by atoms with E-state index in [0.29, 0.717) is 12.2 Å². The summed E-state index contributed by atoms with van der Waals surface area (Å²) >= 11 is 0. The minimum atomic E-state index is -0.256. The molecule has 0 aliphatic carbocycles. The molecule has 0 amide bonds. The summed E-state index contributed by atoms with van der Waals surface area (Å²) in [4.78, 5) is 19.4. The Labute approximate surface area is 131 Å². The molecule has 0 unspecified atom stereocenters. The quantitative estimate of drug-likeness (QED) is 0.622. The fourth-order valence-electron chi connectivity index (χ4n) is 2.81. The van der Waals surface area contributed by atoms with Crippen LogP contribution in [-0.2, 0) is 4.74 Å². The number of unbranched alkanes of at least 4 members (excludes halogenated alkanes) is 1. The molecule has 4 heteroatoms. The van der Waals surface area contributed by atoms with Crippen LogP contribution in [0.5, 0.6) is 0 Å². The van der Waals surface area contributed by atoms with Crippen molar-refractivity contribution >= 4 is 22.7 Å². The number of carbonyl (C=O) groups is 1. The first-order valence-corrected chi connectivity index (χ1v) is 8.11. The van der Waals surface area contributed by atoms with Crippen LogP contribution < -0.4 is 4.90 Å². The number of benzene rings is 1. The standard InChI is InChI=1S/C18H22N2O2/c1-2-3-12-22-18(21)15-13-14-8-4-5-9-16(14)19-17(15)20-10-6-7-11-20/h4-5,8-9,13H,2-3,6-7,10-12H2,1H3. The molecule has 0 bridgehead atoms. The highest BCUT2D eigenvalue weighted by Gasteiger charge is 2.22. The maximum atomic E-state index is 12.5. The lowest BCUT2D eigenvalue weighted by Crippen LogP contribution is -2.23. The first-order chi connectivity index (χ1) is 10.8. The van der Waals surface area contributed by atoms with Gasteiger partial charge in [-0.25, -0.2) is 9.78 Å². The molecule has 1 fully saturated rings. The van der Waals surface area contributed by atoms with Gasteiger partial charge < -0.3 is 9.64 Å². The number of nitrogens with zero attached hydrogens (tertiary/aromatic N) is 2. The predicted molar refractivity (Wildman–Crippen MR) is 88.4 cm³/mol.